The Morgan fingerprint density at radius 1 is 1.30 bits per heavy atom. The highest BCUT2D eigenvalue weighted by molar-refractivity contribution is 5.98. The number of aromatic nitrogens is 5. The van der Waals surface area contributed by atoms with Gasteiger partial charge in [0, 0.05) is 31.1 Å². The first kappa shape index (κ1) is 22.0. The Labute approximate surface area is 189 Å². The minimum Gasteiger partial charge on any atom is -0.378 e. The Morgan fingerprint density at radius 2 is 2.15 bits per heavy atom. The highest BCUT2D eigenvalue weighted by Crippen LogP contribution is 2.25. The maximum atomic E-state index is 15.1. The van der Waals surface area contributed by atoms with Crippen molar-refractivity contribution >= 4 is 17.4 Å². The first-order valence-electron chi connectivity index (χ1n) is 10.4. The number of alkyl halides is 1. The predicted octanol–water partition coefficient (Wildman–Crippen LogP) is 1.56. The molecule has 1 amide bonds. The van der Waals surface area contributed by atoms with E-state index in [0.29, 0.717) is 42.4 Å². The highest BCUT2D eigenvalue weighted by Gasteiger charge is 2.31. The molecule has 0 aromatic carbocycles. The fourth-order valence-corrected chi connectivity index (χ4v) is 3.73. The smallest absolute Gasteiger partial charge is 0.252 e. The van der Waals surface area contributed by atoms with Crippen LogP contribution < -0.4 is 16.0 Å². The first-order chi connectivity index (χ1) is 15.9. The third-order valence-corrected chi connectivity index (χ3v) is 5.39. The molecule has 10 nitrogen and oxygen atoms in total. The molecule has 33 heavy (non-hydrogen) atoms. The van der Waals surface area contributed by atoms with Crippen molar-refractivity contribution in [1.29, 1.82) is 5.26 Å². The summed E-state index contributed by atoms with van der Waals surface area (Å²) in [7, 11) is 0. The van der Waals surface area contributed by atoms with Gasteiger partial charge in [-0.2, -0.15) is 5.26 Å². The zero-order valence-corrected chi connectivity index (χ0v) is 17.9. The van der Waals surface area contributed by atoms with Crippen LogP contribution >= 0.6 is 0 Å². The third-order valence-electron chi connectivity index (χ3n) is 5.39. The summed E-state index contributed by atoms with van der Waals surface area (Å²) in [6, 6.07) is 8.10. The monoisotopic (exact) mass is 447 g/mol. The minimum absolute atomic E-state index is 0.0995. The number of hydrogen-bond donors (Lipinski definition) is 2. The molecule has 3 N–H and O–H groups in total. The molecular weight excluding hydrogens is 425 g/mol. The molecule has 0 spiro atoms. The lowest BCUT2D eigenvalue weighted by Gasteiger charge is -2.36. The molecule has 0 radical (unpaired) electrons. The maximum Gasteiger partial charge on any atom is 0.252 e. The molecule has 0 saturated carbocycles. The summed E-state index contributed by atoms with van der Waals surface area (Å²) in [5, 5.41) is 19.8. The number of pyridine rings is 1. The summed E-state index contributed by atoms with van der Waals surface area (Å²) < 4.78 is 15.1. The number of anilines is 2. The molecular formula is C22H22FN9O. The Kier molecular flexibility index (Phi) is 6.35. The van der Waals surface area contributed by atoms with Crippen LogP contribution in [-0.4, -0.2) is 56.4 Å². The Morgan fingerprint density at radius 3 is 2.82 bits per heavy atom. The van der Waals surface area contributed by atoms with Crippen molar-refractivity contribution in [2.75, 3.05) is 23.3 Å². The average Bonchev–Trinajstić information content (AvgIpc) is 2.80. The van der Waals surface area contributed by atoms with E-state index in [1.807, 2.05) is 6.07 Å². The second-order valence-corrected chi connectivity index (χ2v) is 7.75. The van der Waals surface area contributed by atoms with E-state index in [4.69, 9.17) is 11.0 Å². The quantitative estimate of drug-likeness (QED) is 0.574. The number of hydrogen-bond acceptors (Lipinski definition) is 9. The number of nitrogens with two attached hydrogens (primary N) is 1. The van der Waals surface area contributed by atoms with Crippen molar-refractivity contribution in [3.05, 3.63) is 65.1 Å². The van der Waals surface area contributed by atoms with Crippen LogP contribution in [0.2, 0.25) is 0 Å². The van der Waals surface area contributed by atoms with E-state index in [9.17, 15) is 4.79 Å². The number of amides is 1. The van der Waals surface area contributed by atoms with E-state index in [1.54, 1.807) is 42.3 Å². The van der Waals surface area contributed by atoms with Crippen LogP contribution in [0.1, 0.15) is 39.7 Å². The molecule has 4 heterocycles. The molecule has 0 bridgehead atoms. The lowest BCUT2D eigenvalue weighted by atomic mass is 10.0. The molecule has 0 unspecified atom stereocenters. The number of rotatable bonds is 6. The van der Waals surface area contributed by atoms with Gasteiger partial charge in [0.15, 0.2) is 11.5 Å². The van der Waals surface area contributed by atoms with Crippen LogP contribution in [0.4, 0.5) is 15.9 Å². The van der Waals surface area contributed by atoms with Crippen LogP contribution in [0.25, 0.3) is 0 Å². The van der Waals surface area contributed by atoms with Gasteiger partial charge in [-0.15, -0.1) is 10.2 Å². The van der Waals surface area contributed by atoms with Crippen LogP contribution in [-0.2, 0) is 6.42 Å². The number of halogens is 1. The van der Waals surface area contributed by atoms with Crippen LogP contribution in [0.3, 0.4) is 0 Å². The second kappa shape index (κ2) is 9.52. The molecule has 3 aromatic heterocycles. The van der Waals surface area contributed by atoms with Crippen LogP contribution in [0.15, 0.2) is 36.7 Å². The number of nitriles is 1. The van der Waals surface area contributed by atoms with E-state index >= 15 is 4.39 Å². The van der Waals surface area contributed by atoms with Crippen molar-refractivity contribution in [1.82, 2.24) is 25.1 Å². The lowest BCUT2D eigenvalue weighted by Crippen LogP contribution is -2.48. The van der Waals surface area contributed by atoms with E-state index in [-0.39, 0.29) is 17.8 Å². The van der Waals surface area contributed by atoms with Crippen molar-refractivity contribution in [2.24, 2.45) is 5.73 Å². The van der Waals surface area contributed by atoms with Gasteiger partial charge in [0.2, 0.25) is 0 Å². The van der Waals surface area contributed by atoms with Crippen molar-refractivity contribution < 1.29 is 9.18 Å². The van der Waals surface area contributed by atoms with Crippen LogP contribution in [0, 0.1) is 18.3 Å². The van der Waals surface area contributed by atoms with Gasteiger partial charge in [-0.05, 0) is 37.6 Å². The van der Waals surface area contributed by atoms with E-state index in [1.165, 1.54) is 6.20 Å². The molecule has 2 atom stereocenters. The molecule has 1 aliphatic rings. The van der Waals surface area contributed by atoms with E-state index in [2.05, 4.69) is 30.5 Å². The van der Waals surface area contributed by atoms with Gasteiger partial charge in [-0.3, -0.25) is 9.78 Å². The van der Waals surface area contributed by atoms with Gasteiger partial charge < -0.3 is 16.0 Å². The fourth-order valence-electron chi connectivity index (χ4n) is 3.73. The molecule has 1 aliphatic heterocycles. The number of aryl methyl sites for hydroxylation is 1. The summed E-state index contributed by atoms with van der Waals surface area (Å²) in [6.07, 6.45) is 2.74. The third kappa shape index (κ3) is 5.17. The largest absolute Gasteiger partial charge is 0.378 e. The molecule has 1 fully saturated rings. The second-order valence-electron chi connectivity index (χ2n) is 7.75. The number of nitrogens with one attached hydrogen (secondary N) is 1. The lowest BCUT2D eigenvalue weighted by molar-refractivity contribution is 0.100. The van der Waals surface area contributed by atoms with Crippen molar-refractivity contribution in [3.8, 4) is 6.07 Å². The topological polar surface area (TPSA) is 147 Å². The summed E-state index contributed by atoms with van der Waals surface area (Å²) in [4.78, 5) is 26.5. The van der Waals surface area contributed by atoms with Crippen molar-refractivity contribution in [3.63, 3.8) is 0 Å². The van der Waals surface area contributed by atoms with Crippen molar-refractivity contribution in [2.45, 2.75) is 32.0 Å². The zero-order chi connectivity index (χ0) is 23.4. The normalized spacial score (nSPS) is 17.9. The number of nitrogens with zero attached hydrogens (tertiary/aromatic N) is 7. The van der Waals surface area contributed by atoms with E-state index < -0.39 is 18.1 Å². The van der Waals surface area contributed by atoms with Crippen LogP contribution in [0.5, 0.6) is 0 Å². The molecule has 1 saturated heterocycles. The number of carbonyl (C=O) groups is 1. The zero-order valence-electron chi connectivity index (χ0n) is 17.9. The summed E-state index contributed by atoms with van der Waals surface area (Å²) in [5.74, 6) is 0.521. The van der Waals surface area contributed by atoms with Gasteiger partial charge in [0.25, 0.3) is 5.91 Å². The average molecular weight is 447 g/mol. The predicted molar refractivity (Wildman–Crippen MR) is 118 cm³/mol. The maximum absolute atomic E-state index is 15.1. The number of carbonyl (C=O) groups excluding carboxylic acids is 1. The first-order valence-corrected chi connectivity index (χ1v) is 10.4. The minimum atomic E-state index is -1.24. The fraction of sp³-hybridized carbons (Fsp3) is 0.318. The van der Waals surface area contributed by atoms with Gasteiger partial charge in [-0.1, -0.05) is 0 Å². The Hall–Kier alpha value is -4.20. The van der Waals surface area contributed by atoms with Gasteiger partial charge in [0.1, 0.15) is 18.1 Å². The molecule has 168 valence electrons. The summed E-state index contributed by atoms with van der Waals surface area (Å²) >= 11 is 0. The summed E-state index contributed by atoms with van der Waals surface area (Å²) in [6.45, 7) is 2.43. The summed E-state index contributed by atoms with van der Waals surface area (Å²) in [5.41, 5.74) is 7.82. The standard InChI is InChI=1S/C22H22FN9O/c1-13-26-6-4-14(28-13)8-16-9-20(17(11-27-16)22(25)33)29-19-5-7-32(12-18(19)23)21-3-2-15(10-24)30-31-21/h2-4,6,9,11,18-19H,5,7-8,12H2,1H3,(H2,25,33)(H,27,29)/t18-,19+/m0/s1. The molecule has 3 aromatic rings. The van der Waals surface area contributed by atoms with Gasteiger partial charge in [-0.25, -0.2) is 14.4 Å². The Balaban J connectivity index is 1.49. The molecule has 11 heteroatoms. The van der Waals surface area contributed by atoms with Gasteiger partial charge >= 0.3 is 0 Å². The number of piperidine rings is 1. The molecule has 4 rings (SSSR count). The number of primary amides is 1. The van der Waals surface area contributed by atoms with E-state index in [0.717, 1.165) is 5.69 Å². The van der Waals surface area contributed by atoms with Gasteiger partial charge in [0.05, 0.1) is 29.5 Å². The highest BCUT2D eigenvalue weighted by atomic mass is 19.1. The Bertz CT molecular complexity index is 1200. The SMILES string of the molecule is Cc1nccc(Cc2cc(N[C@@H]3CCN(c4ccc(C#N)nn4)C[C@@H]3F)c(C(N)=O)cn2)n1. The molecule has 0 aliphatic carbocycles.